The van der Waals surface area contributed by atoms with Crippen LogP contribution in [-0.4, -0.2) is 24.3 Å². The SMILES string of the molecule is CC[C@@H]1CN[C@H](CO)C1.Cl. The number of hydrogen-bond donors (Lipinski definition) is 2. The first-order valence-electron chi connectivity index (χ1n) is 3.71. The molecule has 0 radical (unpaired) electrons. The van der Waals surface area contributed by atoms with Crippen molar-refractivity contribution in [2.24, 2.45) is 5.92 Å². The lowest BCUT2D eigenvalue weighted by atomic mass is 10.0. The average Bonchev–Trinajstić information content (AvgIpc) is 2.34. The second-order valence-electron chi connectivity index (χ2n) is 2.80. The molecule has 0 bridgehead atoms. The van der Waals surface area contributed by atoms with Gasteiger partial charge in [0, 0.05) is 6.04 Å². The van der Waals surface area contributed by atoms with E-state index >= 15 is 0 Å². The zero-order valence-electron chi connectivity index (χ0n) is 6.34. The van der Waals surface area contributed by atoms with Gasteiger partial charge < -0.3 is 10.4 Å². The number of aliphatic hydroxyl groups excluding tert-OH is 1. The third-order valence-corrected chi connectivity index (χ3v) is 2.11. The molecule has 2 atom stereocenters. The molecule has 1 aliphatic heterocycles. The first kappa shape index (κ1) is 10.2. The van der Waals surface area contributed by atoms with E-state index in [9.17, 15) is 0 Å². The summed E-state index contributed by atoms with van der Waals surface area (Å²) < 4.78 is 0. The molecule has 1 heterocycles. The molecule has 1 fully saturated rings. The molecule has 0 spiro atoms. The fourth-order valence-electron chi connectivity index (χ4n) is 1.35. The van der Waals surface area contributed by atoms with Crippen molar-refractivity contribution in [2.75, 3.05) is 13.2 Å². The minimum atomic E-state index is 0. The highest BCUT2D eigenvalue weighted by Crippen LogP contribution is 2.15. The quantitative estimate of drug-likeness (QED) is 0.634. The Morgan fingerprint density at radius 3 is 2.60 bits per heavy atom. The molecule has 10 heavy (non-hydrogen) atoms. The molecule has 1 rings (SSSR count). The Balaban J connectivity index is 0.000000810. The maximum Gasteiger partial charge on any atom is 0.0584 e. The normalized spacial score (nSPS) is 31.8. The van der Waals surface area contributed by atoms with Gasteiger partial charge in [-0.3, -0.25) is 0 Å². The fraction of sp³-hybridized carbons (Fsp3) is 1.00. The van der Waals surface area contributed by atoms with Crippen molar-refractivity contribution < 1.29 is 5.11 Å². The highest BCUT2D eigenvalue weighted by Gasteiger charge is 2.20. The number of aliphatic hydroxyl groups is 1. The summed E-state index contributed by atoms with van der Waals surface area (Å²) in [5.74, 6) is 0.808. The van der Waals surface area contributed by atoms with E-state index in [4.69, 9.17) is 5.11 Å². The molecule has 0 aromatic heterocycles. The molecular formula is C7H16ClNO. The van der Waals surface area contributed by atoms with Crippen LogP contribution in [0.4, 0.5) is 0 Å². The Bertz CT molecular complexity index is 79.7. The number of rotatable bonds is 2. The summed E-state index contributed by atoms with van der Waals surface area (Å²) in [6, 6.07) is 0.384. The van der Waals surface area contributed by atoms with Crippen molar-refractivity contribution in [3.05, 3.63) is 0 Å². The van der Waals surface area contributed by atoms with Crippen LogP contribution in [-0.2, 0) is 0 Å². The highest BCUT2D eigenvalue weighted by atomic mass is 35.5. The highest BCUT2D eigenvalue weighted by molar-refractivity contribution is 5.85. The first-order valence-corrected chi connectivity index (χ1v) is 3.71. The second kappa shape index (κ2) is 4.94. The van der Waals surface area contributed by atoms with Crippen LogP contribution in [0.1, 0.15) is 19.8 Å². The molecule has 0 unspecified atom stereocenters. The van der Waals surface area contributed by atoms with Crippen molar-refractivity contribution in [1.29, 1.82) is 0 Å². The molecule has 1 aliphatic rings. The van der Waals surface area contributed by atoms with Crippen LogP contribution in [0.25, 0.3) is 0 Å². The zero-order valence-corrected chi connectivity index (χ0v) is 7.16. The summed E-state index contributed by atoms with van der Waals surface area (Å²) in [6.45, 7) is 3.60. The van der Waals surface area contributed by atoms with E-state index < -0.39 is 0 Å². The van der Waals surface area contributed by atoms with E-state index in [0.29, 0.717) is 12.6 Å². The van der Waals surface area contributed by atoms with Gasteiger partial charge in [0.15, 0.2) is 0 Å². The van der Waals surface area contributed by atoms with Crippen molar-refractivity contribution in [1.82, 2.24) is 5.32 Å². The van der Waals surface area contributed by atoms with Crippen LogP contribution < -0.4 is 5.32 Å². The molecular weight excluding hydrogens is 150 g/mol. The van der Waals surface area contributed by atoms with Crippen molar-refractivity contribution in [3.8, 4) is 0 Å². The van der Waals surface area contributed by atoms with Gasteiger partial charge in [-0.05, 0) is 18.9 Å². The van der Waals surface area contributed by atoms with Gasteiger partial charge >= 0.3 is 0 Å². The van der Waals surface area contributed by atoms with Gasteiger partial charge in [-0.15, -0.1) is 12.4 Å². The lowest BCUT2D eigenvalue weighted by Gasteiger charge is -2.03. The molecule has 0 saturated carbocycles. The van der Waals surface area contributed by atoms with Gasteiger partial charge in [-0.25, -0.2) is 0 Å². The zero-order chi connectivity index (χ0) is 6.69. The second-order valence-corrected chi connectivity index (χ2v) is 2.80. The summed E-state index contributed by atoms with van der Waals surface area (Å²) in [6.07, 6.45) is 2.40. The molecule has 1 saturated heterocycles. The van der Waals surface area contributed by atoms with Gasteiger partial charge in [0.05, 0.1) is 6.61 Å². The number of nitrogens with one attached hydrogen (secondary N) is 1. The van der Waals surface area contributed by atoms with Crippen molar-refractivity contribution >= 4 is 12.4 Å². The van der Waals surface area contributed by atoms with Crippen LogP contribution in [0, 0.1) is 5.92 Å². The Morgan fingerprint density at radius 2 is 2.30 bits per heavy atom. The summed E-state index contributed by atoms with van der Waals surface area (Å²) in [7, 11) is 0. The molecule has 0 aromatic carbocycles. The molecule has 0 aliphatic carbocycles. The van der Waals surface area contributed by atoms with Crippen LogP contribution in [0.3, 0.4) is 0 Å². The minimum absolute atomic E-state index is 0. The molecule has 0 amide bonds. The van der Waals surface area contributed by atoms with Gasteiger partial charge in [0.2, 0.25) is 0 Å². The Labute approximate surface area is 68.4 Å². The van der Waals surface area contributed by atoms with Gasteiger partial charge in [-0.1, -0.05) is 13.3 Å². The molecule has 62 valence electrons. The van der Waals surface area contributed by atoms with E-state index in [1.54, 1.807) is 0 Å². The van der Waals surface area contributed by atoms with E-state index in [1.807, 2.05) is 0 Å². The van der Waals surface area contributed by atoms with Crippen molar-refractivity contribution in [3.63, 3.8) is 0 Å². The molecule has 0 aromatic rings. The predicted octanol–water partition coefficient (Wildman–Crippen LogP) is 0.789. The number of halogens is 1. The van der Waals surface area contributed by atoms with Crippen LogP contribution >= 0.6 is 12.4 Å². The van der Waals surface area contributed by atoms with Crippen molar-refractivity contribution in [2.45, 2.75) is 25.8 Å². The van der Waals surface area contributed by atoms with Gasteiger partial charge in [-0.2, -0.15) is 0 Å². The maximum absolute atomic E-state index is 8.72. The lowest BCUT2D eigenvalue weighted by molar-refractivity contribution is 0.252. The van der Waals surface area contributed by atoms with Gasteiger partial charge in [0.1, 0.15) is 0 Å². The third kappa shape index (κ3) is 2.45. The van der Waals surface area contributed by atoms with E-state index in [2.05, 4.69) is 12.2 Å². The molecule has 3 heteroatoms. The molecule has 2 nitrogen and oxygen atoms in total. The largest absolute Gasteiger partial charge is 0.395 e. The fourth-order valence-corrected chi connectivity index (χ4v) is 1.35. The van der Waals surface area contributed by atoms with E-state index in [-0.39, 0.29) is 12.4 Å². The minimum Gasteiger partial charge on any atom is -0.395 e. The first-order chi connectivity index (χ1) is 4.36. The van der Waals surface area contributed by atoms with Crippen LogP contribution in [0.5, 0.6) is 0 Å². The van der Waals surface area contributed by atoms with Crippen LogP contribution in [0.15, 0.2) is 0 Å². The Morgan fingerprint density at radius 1 is 1.60 bits per heavy atom. The summed E-state index contributed by atoms with van der Waals surface area (Å²) in [4.78, 5) is 0. The molecule has 2 N–H and O–H groups in total. The average molecular weight is 166 g/mol. The third-order valence-electron chi connectivity index (χ3n) is 2.11. The van der Waals surface area contributed by atoms with Crippen LogP contribution in [0.2, 0.25) is 0 Å². The monoisotopic (exact) mass is 165 g/mol. The standard InChI is InChI=1S/C7H15NO.ClH/c1-2-6-3-7(5-9)8-4-6;/h6-9H,2-5H2,1H3;1H/t6-,7-;/m0./s1. The van der Waals surface area contributed by atoms with Gasteiger partial charge in [0.25, 0.3) is 0 Å². The van der Waals surface area contributed by atoms with E-state index in [1.165, 1.54) is 6.42 Å². The Hall–Kier alpha value is 0.210. The van der Waals surface area contributed by atoms with E-state index in [0.717, 1.165) is 18.9 Å². The maximum atomic E-state index is 8.72. The summed E-state index contributed by atoms with van der Waals surface area (Å²) in [5.41, 5.74) is 0. The topological polar surface area (TPSA) is 32.3 Å². The number of hydrogen-bond acceptors (Lipinski definition) is 2. The smallest absolute Gasteiger partial charge is 0.0584 e. The summed E-state index contributed by atoms with van der Waals surface area (Å²) >= 11 is 0. The summed E-state index contributed by atoms with van der Waals surface area (Å²) in [5, 5.41) is 12.0. The lowest BCUT2D eigenvalue weighted by Crippen LogP contribution is -2.24. The Kier molecular flexibility index (Phi) is 5.04. The predicted molar refractivity (Wildman–Crippen MR) is 44.5 cm³/mol.